The molecule has 0 atom stereocenters. The molecule has 1 aliphatic rings. The van der Waals surface area contributed by atoms with Crippen molar-refractivity contribution in [2.24, 2.45) is 5.73 Å². The van der Waals surface area contributed by atoms with Crippen LogP contribution in [-0.4, -0.2) is 5.11 Å². The molecule has 1 rings (SSSR count). The van der Waals surface area contributed by atoms with Crippen molar-refractivity contribution < 1.29 is 5.11 Å². The number of aliphatic hydroxyl groups is 1. The van der Waals surface area contributed by atoms with Gasteiger partial charge in [0.15, 0.2) is 0 Å². The standard InChI is InChI=1S/C5H7NO/c6-4-2-1-3-5(4)7/h2-3,7H,1,6H2. The molecule has 0 aromatic heterocycles. The molecule has 0 amide bonds. The van der Waals surface area contributed by atoms with Crippen molar-refractivity contribution in [2.45, 2.75) is 6.42 Å². The van der Waals surface area contributed by atoms with Crippen LogP contribution in [0.2, 0.25) is 0 Å². The third-order valence-electron chi connectivity index (χ3n) is 0.945. The van der Waals surface area contributed by atoms with Crippen LogP contribution >= 0.6 is 0 Å². The molecule has 0 aromatic rings. The van der Waals surface area contributed by atoms with Gasteiger partial charge in [0.25, 0.3) is 0 Å². The Hall–Kier alpha value is -0.920. The van der Waals surface area contributed by atoms with Crippen LogP contribution in [0.4, 0.5) is 0 Å². The molecule has 7 heavy (non-hydrogen) atoms. The maximum Gasteiger partial charge on any atom is 0.134 e. The Labute approximate surface area is 41.9 Å². The van der Waals surface area contributed by atoms with Gasteiger partial charge in [-0.15, -0.1) is 0 Å². The molecule has 3 N–H and O–H groups in total. The molecule has 0 fully saturated rings. The van der Waals surface area contributed by atoms with Crippen LogP contribution in [0.5, 0.6) is 0 Å². The second-order valence-electron chi connectivity index (χ2n) is 1.48. The van der Waals surface area contributed by atoms with Gasteiger partial charge in [0.2, 0.25) is 0 Å². The zero-order valence-corrected chi connectivity index (χ0v) is 3.89. The molecule has 2 heteroatoms. The van der Waals surface area contributed by atoms with Gasteiger partial charge < -0.3 is 10.8 Å². The molecule has 0 aliphatic heterocycles. The van der Waals surface area contributed by atoms with Gasteiger partial charge >= 0.3 is 0 Å². The molecule has 0 radical (unpaired) electrons. The number of aliphatic hydroxyl groups excluding tert-OH is 1. The van der Waals surface area contributed by atoms with Crippen molar-refractivity contribution >= 4 is 0 Å². The lowest BCUT2D eigenvalue weighted by molar-refractivity contribution is 0.423. The van der Waals surface area contributed by atoms with E-state index in [1.807, 2.05) is 0 Å². The molecule has 1 aliphatic carbocycles. The average Bonchev–Trinajstić information content (AvgIpc) is 1.91. The van der Waals surface area contributed by atoms with Crippen LogP contribution in [0, 0.1) is 0 Å². The van der Waals surface area contributed by atoms with Crippen LogP contribution < -0.4 is 5.73 Å². The van der Waals surface area contributed by atoms with Crippen LogP contribution in [0.3, 0.4) is 0 Å². The maximum atomic E-state index is 8.67. The Morgan fingerprint density at radius 2 is 2.29 bits per heavy atom. The summed E-state index contributed by atoms with van der Waals surface area (Å²) in [5.41, 5.74) is 5.72. The summed E-state index contributed by atoms with van der Waals surface area (Å²) in [7, 11) is 0. The van der Waals surface area contributed by atoms with Crippen molar-refractivity contribution in [3.8, 4) is 0 Å². The quantitative estimate of drug-likeness (QED) is 0.466. The van der Waals surface area contributed by atoms with E-state index in [9.17, 15) is 0 Å². The smallest absolute Gasteiger partial charge is 0.134 e. The molecule has 0 saturated carbocycles. The predicted molar refractivity (Wildman–Crippen MR) is 27.6 cm³/mol. The Morgan fingerprint density at radius 3 is 2.43 bits per heavy atom. The zero-order chi connectivity index (χ0) is 5.28. The van der Waals surface area contributed by atoms with Crippen LogP contribution in [-0.2, 0) is 0 Å². The van der Waals surface area contributed by atoms with Crippen molar-refractivity contribution in [1.82, 2.24) is 0 Å². The first-order chi connectivity index (χ1) is 3.30. The van der Waals surface area contributed by atoms with Gasteiger partial charge in [0, 0.05) is 0 Å². The lowest BCUT2D eigenvalue weighted by atomic mass is 10.5. The van der Waals surface area contributed by atoms with Gasteiger partial charge in [0.05, 0.1) is 5.70 Å². The van der Waals surface area contributed by atoms with E-state index in [4.69, 9.17) is 10.8 Å². The largest absolute Gasteiger partial charge is 0.506 e. The average molecular weight is 97.1 g/mol. The van der Waals surface area contributed by atoms with E-state index < -0.39 is 0 Å². The molecule has 2 nitrogen and oxygen atoms in total. The molecule has 38 valence electrons. The van der Waals surface area contributed by atoms with E-state index in [-0.39, 0.29) is 5.76 Å². The number of rotatable bonds is 0. The summed E-state index contributed by atoms with van der Waals surface area (Å²) in [6.45, 7) is 0. The normalized spacial score (nSPS) is 18.9. The van der Waals surface area contributed by atoms with Gasteiger partial charge in [-0.3, -0.25) is 0 Å². The highest BCUT2D eigenvalue weighted by atomic mass is 16.3. The zero-order valence-electron chi connectivity index (χ0n) is 3.89. The summed E-state index contributed by atoms with van der Waals surface area (Å²) in [6, 6.07) is 0. The van der Waals surface area contributed by atoms with Crippen LogP contribution in [0.25, 0.3) is 0 Å². The summed E-state index contributed by atoms with van der Waals surface area (Å²) in [5, 5.41) is 8.67. The lowest BCUT2D eigenvalue weighted by Crippen LogP contribution is -1.95. The molecule has 0 spiro atoms. The van der Waals surface area contributed by atoms with E-state index >= 15 is 0 Å². The monoisotopic (exact) mass is 97.1 g/mol. The fraction of sp³-hybridized carbons (Fsp3) is 0.200. The first kappa shape index (κ1) is 4.24. The Balaban J connectivity index is 2.78. The maximum absolute atomic E-state index is 8.67. The molecular weight excluding hydrogens is 90.1 g/mol. The highest BCUT2D eigenvalue weighted by Gasteiger charge is 2.00. The first-order valence-electron chi connectivity index (χ1n) is 2.16. The van der Waals surface area contributed by atoms with Crippen LogP contribution in [0.15, 0.2) is 23.6 Å². The highest BCUT2D eigenvalue weighted by molar-refractivity contribution is 5.28. The lowest BCUT2D eigenvalue weighted by Gasteiger charge is -1.87. The van der Waals surface area contributed by atoms with Gasteiger partial charge in [0.1, 0.15) is 5.76 Å². The first-order valence-corrected chi connectivity index (χ1v) is 2.16. The second-order valence-corrected chi connectivity index (χ2v) is 1.48. The number of hydrogen-bond donors (Lipinski definition) is 2. The Morgan fingerprint density at radius 1 is 1.57 bits per heavy atom. The Bertz CT molecular complexity index is 119. The van der Waals surface area contributed by atoms with Gasteiger partial charge in [-0.25, -0.2) is 0 Å². The summed E-state index contributed by atoms with van der Waals surface area (Å²) in [6.07, 6.45) is 4.22. The van der Waals surface area contributed by atoms with Gasteiger partial charge in [-0.05, 0) is 12.5 Å². The molecular formula is C5H7NO. The van der Waals surface area contributed by atoms with Gasteiger partial charge in [-0.1, -0.05) is 6.08 Å². The third kappa shape index (κ3) is 0.585. The van der Waals surface area contributed by atoms with Crippen molar-refractivity contribution in [3.63, 3.8) is 0 Å². The third-order valence-corrected chi connectivity index (χ3v) is 0.945. The van der Waals surface area contributed by atoms with Crippen molar-refractivity contribution in [1.29, 1.82) is 0 Å². The minimum Gasteiger partial charge on any atom is -0.506 e. The molecule has 0 saturated heterocycles. The molecule has 0 heterocycles. The van der Waals surface area contributed by atoms with E-state index in [1.165, 1.54) is 0 Å². The number of allylic oxidation sites excluding steroid dienone is 2. The Kier molecular flexibility index (Phi) is 0.785. The molecule has 0 aromatic carbocycles. The summed E-state index contributed by atoms with van der Waals surface area (Å²) >= 11 is 0. The summed E-state index contributed by atoms with van der Waals surface area (Å²) in [5.74, 6) is 0.222. The van der Waals surface area contributed by atoms with Crippen LogP contribution in [0.1, 0.15) is 6.42 Å². The van der Waals surface area contributed by atoms with E-state index in [0.717, 1.165) is 6.42 Å². The van der Waals surface area contributed by atoms with Crippen molar-refractivity contribution in [2.75, 3.05) is 0 Å². The summed E-state index contributed by atoms with van der Waals surface area (Å²) < 4.78 is 0. The van der Waals surface area contributed by atoms with Crippen molar-refractivity contribution in [3.05, 3.63) is 23.6 Å². The van der Waals surface area contributed by atoms with E-state index in [1.54, 1.807) is 12.2 Å². The summed E-state index contributed by atoms with van der Waals surface area (Å²) in [4.78, 5) is 0. The minimum atomic E-state index is 0.222. The fourth-order valence-electron chi connectivity index (χ4n) is 0.520. The predicted octanol–water partition coefficient (Wildman–Crippen LogP) is 0.675. The minimum absolute atomic E-state index is 0.222. The van der Waals surface area contributed by atoms with E-state index in [2.05, 4.69) is 0 Å². The van der Waals surface area contributed by atoms with E-state index in [0.29, 0.717) is 5.70 Å². The number of nitrogens with two attached hydrogens (primary N) is 1. The van der Waals surface area contributed by atoms with Gasteiger partial charge in [-0.2, -0.15) is 0 Å². The second kappa shape index (κ2) is 1.30. The molecule has 0 unspecified atom stereocenters. The molecule has 0 bridgehead atoms. The number of hydrogen-bond acceptors (Lipinski definition) is 2. The topological polar surface area (TPSA) is 46.2 Å². The fourth-order valence-corrected chi connectivity index (χ4v) is 0.520. The highest BCUT2D eigenvalue weighted by Crippen LogP contribution is 2.09. The SMILES string of the molecule is NC1=CCC=C1O.